The molecule has 1 saturated carbocycles. The quantitative estimate of drug-likeness (QED) is 0.649. The summed E-state index contributed by atoms with van der Waals surface area (Å²) in [6, 6.07) is 5.52. The molecular weight excluding hydrogens is 351 g/mol. The number of benzene rings is 1. The van der Waals surface area contributed by atoms with Crippen molar-refractivity contribution in [2.75, 3.05) is 13.6 Å². The zero-order chi connectivity index (χ0) is 19.6. The molecule has 3 N–H and O–H groups in total. The van der Waals surface area contributed by atoms with E-state index in [0.29, 0.717) is 25.3 Å². The van der Waals surface area contributed by atoms with Gasteiger partial charge in [-0.1, -0.05) is 19.1 Å². The monoisotopic (exact) mass is 377 g/mol. The highest BCUT2D eigenvalue weighted by Gasteiger charge is 2.52. The van der Waals surface area contributed by atoms with Gasteiger partial charge in [0.1, 0.15) is 17.9 Å². The summed E-state index contributed by atoms with van der Waals surface area (Å²) in [4.78, 5) is 38.1. The molecule has 1 aromatic carbocycles. The van der Waals surface area contributed by atoms with Gasteiger partial charge in [0.15, 0.2) is 6.54 Å². The summed E-state index contributed by atoms with van der Waals surface area (Å²) >= 11 is 0. The first-order chi connectivity index (χ1) is 12.8. The molecule has 1 aliphatic heterocycles. The minimum atomic E-state index is -0.871. The second-order valence-electron chi connectivity index (χ2n) is 7.81. The zero-order valence-electron chi connectivity index (χ0n) is 15.7. The van der Waals surface area contributed by atoms with Gasteiger partial charge in [0.2, 0.25) is 0 Å². The molecule has 0 bridgehead atoms. The highest BCUT2D eigenvalue weighted by atomic mass is 19.1. The number of nitrogens with zero attached hydrogens (tertiary/aromatic N) is 1. The van der Waals surface area contributed by atoms with Gasteiger partial charge in [0, 0.05) is 5.56 Å². The third-order valence-electron chi connectivity index (χ3n) is 5.41. The standard InChI is InChI=1S/C19H25FN4O3/c1-13-7-9-19(10-8-13)17(26)24(18(27)21-19)22-16(25)12-23(2)11-14-3-5-15(20)6-4-14/h3-6,13H,7-12H2,1-2H3,(H,21,27)(H,22,25)/p+1. The topological polar surface area (TPSA) is 83.0 Å². The van der Waals surface area contributed by atoms with Crippen LogP contribution >= 0.6 is 0 Å². The summed E-state index contributed by atoms with van der Waals surface area (Å²) in [5.41, 5.74) is 2.46. The number of halogens is 1. The van der Waals surface area contributed by atoms with E-state index in [4.69, 9.17) is 0 Å². The zero-order valence-corrected chi connectivity index (χ0v) is 15.7. The van der Waals surface area contributed by atoms with Gasteiger partial charge in [-0.05, 0) is 43.7 Å². The van der Waals surface area contributed by atoms with Gasteiger partial charge in [-0.3, -0.25) is 15.0 Å². The Kier molecular flexibility index (Phi) is 5.46. The Labute approximate surface area is 157 Å². The van der Waals surface area contributed by atoms with Crippen molar-refractivity contribution in [3.8, 4) is 0 Å². The minimum absolute atomic E-state index is 0.0818. The first-order valence-electron chi connectivity index (χ1n) is 9.31. The number of hydrogen-bond donors (Lipinski definition) is 3. The number of carbonyl (C=O) groups is 3. The van der Waals surface area contributed by atoms with Crippen LogP contribution in [0.2, 0.25) is 0 Å². The van der Waals surface area contributed by atoms with E-state index in [1.54, 1.807) is 12.1 Å². The average Bonchev–Trinajstić information content (AvgIpc) is 2.84. The highest BCUT2D eigenvalue weighted by molar-refractivity contribution is 6.08. The van der Waals surface area contributed by atoms with Crippen LogP contribution in [0.5, 0.6) is 0 Å². The number of likely N-dealkylation sites (N-methyl/N-ethyl adjacent to an activating group) is 1. The van der Waals surface area contributed by atoms with E-state index in [1.165, 1.54) is 12.1 Å². The molecule has 1 heterocycles. The largest absolute Gasteiger partial charge is 0.344 e. The van der Waals surface area contributed by atoms with Gasteiger partial charge in [0.25, 0.3) is 11.8 Å². The lowest BCUT2D eigenvalue weighted by molar-refractivity contribution is -0.885. The van der Waals surface area contributed by atoms with Crippen molar-refractivity contribution >= 4 is 17.8 Å². The number of quaternary nitrogens is 1. The molecule has 1 unspecified atom stereocenters. The number of nitrogens with one attached hydrogen (secondary N) is 3. The van der Waals surface area contributed by atoms with Gasteiger partial charge in [-0.2, -0.15) is 5.01 Å². The molecule has 0 aromatic heterocycles. The van der Waals surface area contributed by atoms with Crippen LogP contribution in [0.1, 0.15) is 38.2 Å². The molecule has 1 spiro atoms. The SMILES string of the molecule is CC1CCC2(CC1)NC(=O)N(NC(=O)C[NH+](C)Cc1ccc(F)cc1)C2=O. The van der Waals surface area contributed by atoms with E-state index in [-0.39, 0.29) is 18.3 Å². The first kappa shape index (κ1) is 19.3. The number of hydrazine groups is 1. The van der Waals surface area contributed by atoms with Crippen molar-refractivity contribution in [2.24, 2.45) is 5.92 Å². The summed E-state index contributed by atoms with van der Waals surface area (Å²) in [6.45, 7) is 2.74. The van der Waals surface area contributed by atoms with Gasteiger partial charge in [-0.15, -0.1) is 0 Å². The Morgan fingerprint density at radius 3 is 2.56 bits per heavy atom. The first-order valence-corrected chi connectivity index (χ1v) is 9.31. The molecule has 8 heteroatoms. The maximum Gasteiger partial charge on any atom is 0.344 e. The molecule has 1 aliphatic carbocycles. The maximum absolute atomic E-state index is 13.0. The van der Waals surface area contributed by atoms with Gasteiger partial charge < -0.3 is 10.2 Å². The molecule has 1 atom stereocenters. The van der Waals surface area contributed by atoms with Crippen molar-refractivity contribution < 1.29 is 23.7 Å². The van der Waals surface area contributed by atoms with Crippen LogP contribution in [0.15, 0.2) is 24.3 Å². The summed E-state index contributed by atoms with van der Waals surface area (Å²) in [6.07, 6.45) is 2.94. The number of urea groups is 1. The molecular formula is C19H26FN4O3+. The predicted molar refractivity (Wildman–Crippen MR) is 95.7 cm³/mol. The summed E-state index contributed by atoms with van der Waals surface area (Å²) in [7, 11) is 1.82. The van der Waals surface area contributed by atoms with Gasteiger partial charge in [0.05, 0.1) is 7.05 Å². The summed E-state index contributed by atoms with van der Waals surface area (Å²) in [5.74, 6) is -0.560. The number of imide groups is 1. The molecule has 3 rings (SSSR count). The van der Waals surface area contributed by atoms with Crippen LogP contribution in [-0.2, 0) is 16.1 Å². The van der Waals surface area contributed by atoms with Gasteiger partial charge >= 0.3 is 6.03 Å². The number of hydrogen-bond acceptors (Lipinski definition) is 3. The predicted octanol–water partition coefficient (Wildman–Crippen LogP) is 0.372. The Bertz CT molecular complexity index is 729. The van der Waals surface area contributed by atoms with E-state index in [2.05, 4.69) is 17.7 Å². The number of rotatable bonds is 5. The fraction of sp³-hybridized carbons (Fsp3) is 0.526. The van der Waals surface area contributed by atoms with Gasteiger partial charge in [-0.25, -0.2) is 9.18 Å². The normalized spacial score (nSPS) is 26.2. The van der Waals surface area contributed by atoms with E-state index >= 15 is 0 Å². The molecule has 146 valence electrons. The van der Waals surface area contributed by atoms with Crippen molar-refractivity contribution in [2.45, 2.75) is 44.7 Å². The molecule has 7 nitrogen and oxygen atoms in total. The van der Waals surface area contributed by atoms with E-state index < -0.39 is 17.5 Å². The third-order valence-corrected chi connectivity index (χ3v) is 5.41. The van der Waals surface area contributed by atoms with E-state index in [1.807, 2.05) is 7.05 Å². The summed E-state index contributed by atoms with van der Waals surface area (Å²) in [5, 5.41) is 3.60. The summed E-state index contributed by atoms with van der Waals surface area (Å²) < 4.78 is 13.0. The van der Waals surface area contributed by atoms with Crippen LogP contribution in [0, 0.1) is 11.7 Å². The molecule has 1 saturated heterocycles. The second-order valence-corrected chi connectivity index (χ2v) is 7.81. The molecule has 1 aromatic rings. The lowest BCUT2D eigenvalue weighted by atomic mass is 9.77. The minimum Gasteiger partial charge on any atom is -0.326 e. The second kappa shape index (κ2) is 7.64. The third kappa shape index (κ3) is 4.27. The van der Waals surface area contributed by atoms with Crippen molar-refractivity contribution in [1.29, 1.82) is 0 Å². The van der Waals surface area contributed by atoms with Crippen LogP contribution in [-0.4, -0.2) is 42.0 Å². The van der Waals surface area contributed by atoms with Crippen LogP contribution in [0.3, 0.4) is 0 Å². The van der Waals surface area contributed by atoms with E-state index in [0.717, 1.165) is 28.3 Å². The Morgan fingerprint density at radius 1 is 1.30 bits per heavy atom. The maximum atomic E-state index is 13.0. The lowest BCUT2D eigenvalue weighted by Crippen LogP contribution is -3.09. The smallest absolute Gasteiger partial charge is 0.326 e. The lowest BCUT2D eigenvalue weighted by Gasteiger charge is -2.33. The fourth-order valence-corrected chi connectivity index (χ4v) is 3.77. The van der Waals surface area contributed by atoms with Crippen LogP contribution < -0.4 is 15.6 Å². The highest BCUT2D eigenvalue weighted by Crippen LogP contribution is 2.35. The van der Waals surface area contributed by atoms with E-state index in [9.17, 15) is 18.8 Å². The number of amides is 4. The van der Waals surface area contributed by atoms with Crippen LogP contribution in [0.25, 0.3) is 0 Å². The Hall–Kier alpha value is -2.48. The molecule has 0 radical (unpaired) electrons. The van der Waals surface area contributed by atoms with Crippen molar-refractivity contribution in [3.05, 3.63) is 35.6 Å². The van der Waals surface area contributed by atoms with Crippen molar-refractivity contribution in [1.82, 2.24) is 15.8 Å². The van der Waals surface area contributed by atoms with Crippen LogP contribution in [0.4, 0.5) is 9.18 Å². The molecule has 4 amide bonds. The fourth-order valence-electron chi connectivity index (χ4n) is 3.77. The Morgan fingerprint density at radius 2 is 1.93 bits per heavy atom. The molecule has 2 fully saturated rings. The molecule has 2 aliphatic rings. The number of carbonyl (C=O) groups excluding carboxylic acids is 3. The van der Waals surface area contributed by atoms with Crippen molar-refractivity contribution in [3.63, 3.8) is 0 Å². The Balaban J connectivity index is 1.55. The molecule has 27 heavy (non-hydrogen) atoms. The average molecular weight is 377 g/mol.